The van der Waals surface area contributed by atoms with E-state index in [-0.39, 0.29) is 23.6 Å². The molecule has 2 heterocycles. The van der Waals surface area contributed by atoms with Gasteiger partial charge in [-0.1, -0.05) is 12.1 Å². The van der Waals surface area contributed by atoms with Crippen LogP contribution < -0.4 is 5.69 Å². The van der Waals surface area contributed by atoms with E-state index in [1.807, 2.05) is 0 Å². The highest BCUT2D eigenvalue weighted by atomic mass is 19.1. The van der Waals surface area contributed by atoms with Gasteiger partial charge in [-0.2, -0.15) is 5.10 Å². The summed E-state index contributed by atoms with van der Waals surface area (Å²) >= 11 is 0. The molecule has 1 aliphatic rings. The third kappa shape index (κ3) is 2.29. The van der Waals surface area contributed by atoms with Crippen LogP contribution in [0.1, 0.15) is 29.0 Å². The summed E-state index contributed by atoms with van der Waals surface area (Å²) < 4.78 is 15.9. The number of carbonyl (C=O) groups excluding carboxylic acids is 1. The molecule has 3 rings (SSSR count). The molecule has 1 aromatic heterocycles. The van der Waals surface area contributed by atoms with Crippen molar-refractivity contribution in [2.45, 2.75) is 32.4 Å². The van der Waals surface area contributed by atoms with Gasteiger partial charge in [0, 0.05) is 18.5 Å². The number of nitrogens with zero attached hydrogens (tertiary/aromatic N) is 3. The average Bonchev–Trinajstić information content (AvgIpc) is 2.76. The van der Waals surface area contributed by atoms with Crippen molar-refractivity contribution in [1.82, 2.24) is 14.3 Å². The predicted octanol–water partition coefficient (Wildman–Crippen LogP) is 1.40. The van der Waals surface area contributed by atoms with Crippen LogP contribution in [0.25, 0.3) is 0 Å². The number of aromatic nitrogens is 3. The van der Waals surface area contributed by atoms with Crippen LogP contribution >= 0.6 is 0 Å². The second-order valence-electron chi connectivity index (χ2n) is 4.90. The van der Waals surface area contributed by atoms with Crippen LogP contribution in [0, 0.1) is 5.82 Å². The molecule has 0 saturated carbocycles. The van der Waals surface area contributed by atoms with Crippen molar-refractivity contribution in [1.29, 1.82) is 0 Å². The minimum atomic E-state index is -0.465. The normalized spacial score (nSPS) is 14.1. The molecule has 0 atom stereocenters. The fraction of sp³-hybridized carbons (Fsp3) is 0.357. The van der Waals surface area contributed by atoms with Crippen LogP contribution in [-0.2, 0) is 19.5 Å². The first-order valence-corrected chi connectivity index (χ1v) is 6.60. The lowest BCUT2D eigenvalue weighted by Gasteiger charge is -2.09. The monoisotopic (exact) mass is 275 g/mol. The Bertz CT molecular complexity index is 717. The summed E-state index contributed by atoms with van der Waals surface area (Å²) in [6.45, 7) is 0.505. The summed E-state index contributed by atoms with van der Waals surface area (Å²) in [5.74, 6) is -0.0531. The predicted molar refractivity (Wildman–Crippen MR) is 70.2 cm³/mol. The number of benzene rings is 1. The van der Waals surface area contributed by atoms with Gasteiger partial charge in [0.1, 0.15) is 18.2 Å². The molecule has 0 unspecified atom stereocenters. The van der Waals surface area contributed by atoms with Crippen molar-refractivity contribution in [2.24, 2.45) is 0 Å². The zero-order valence-corrected chi connectivity index (χ0v) is 10.9. The van der Waals surface area contributed by atoms with E-state index < -0.39 is 5.82 Å². The van der Waals surface area contributed by atoms with Gasteiger partial charge in [0.15, 0.2) is 5.78 Å². The van der Waals surface area contributed by atoms with Crippen molar-refractivity contribution in [3.05, 3.63) is 52.0 Å². The lowest BCUT2D eigenvalue weighted by Crippen LogP contribution is -2.29. The van der Waals surface area contributed by atoms with Crippen molar-refractivity contribution >= 4 is 5.78 Å². The van der Waals surface area contributed by atoms with Crippen LogP contribution in [0.4, 0.5) is 4.39 Å². The first-order chi connectivity index (χ1) is 9.65. The highest BCUT2D eigenvalue weighted by molar-refractivity contribution is 5.95. The molecule has 0 fully saturated rings. The molecule has 20 heavy (non-hydrogen) atoms. The van der Waals surface area contributed by atoms with Gasteiger partial charge >= 0.3 is 5.69 Å². The second-order valence-corrected chi connectivity index (χ2v) is 4.90. The van der Waals surface area contributed by atoms with E-state index >= 15 is 0 Å². The lowest BCUT2D eigenvalue weighted by molar-refractivity contribution is 0.0965. The standard InChI is InChI=1S/C14H14FN3O2/c15-11-5-3-4-10(8-11)12(19)9-18-14(20)17-7-2-1-6-13(17)16-18/h3-5,8H,1-2,6-7,9H2. The van der Waals surface area contributed by atoms with Crippen molar-refractivity contribution in [3.8, 4) is 0 Å². The van der Waals surface area contributed by atoms with E-state index in [2.05, 4.69) is 5.10 Å². The number of fused-ring (bicyclic) bond motifs is 1. The highest BCUT2D eigenvalue weighted by Gasteiger charge is 2.18. The van der Waals surface area contributed by atoms with E-state index in [9.17, 15) is 14.0 Å². The molecule has 0 amide bonds. The smallest absolute Gasteiger partial charge is 0.292 e. The minimum absolute atomic E-state index is 0.151. The van der Waals surface area contributed by atoms with E-state index in [1.54, 1.807) is 4.57 Å². The van der Waals surface area contributed by atoms with Crippen LogP contribution in [0.3, 0.4) is 0 Å². The first-order valence-electron chi connectivity index (χ1n) is 6.60. The molecule has 6 heteroatoms. The molecule has 104 valence electrons. The Morgan fingerprint density at radius 3 is 2.95 bits per heavy atom. The molecule has 0 aliphatic carbocycles. The van der Waals surface area contributed by atoms with E-state index in [0.717, 1.165) is 25.1 Å². The zero-order chi connectivity index (χ0) is 14.1. The maximum absolute atomic E-state index is 13.1. The average molecular weight is 275 g/mol. The van der Waals surface area contributed by atoms with Gasteiger partial charge in [0.05, 0.1) is 0 Å². The third-order valence-electron chi connectivity index (χ3n) is 3.47. The molecule has 0 radical (unpaired) electrons. The number of ketones is 1. The Morgan fingerprint density at radius 2 is 2.20 bits per heavy atom. The van der Waals surface area contributed by atoms with Gasteiger partial charge in [0.25, 0.3) is 0 Å². The summed E-state index contributed by atoms with van der Waals surface area (Å²) in [6, 6.07) is 5.46. The van der Waals surface area contributed by atoms with Crippen LogP contribution in [0.5, 0.6) is 0 Å². The van der Waals surface area contributed by atoms with Crippen molar-refractivity contribution < 1.29 is 9.18 Å². The van der Waals surface area contributed by atoms with Crippen LogP contribution in [0.15, 0.2) is 29.1 Å². The van der Waals surface area contributed by atoms with E-state index in [4.69, 9.17) is 0 Å². The van der Waals surface area contributed by atoms with Crippen molar-refractivity contribution in [2.75, 3.05) is 0 Å². The van der Waals surface area contributed by atoms with Gasteiger partial charge in [-0.3, -0.25) is 9.36 Å². The largest absolute Gasteiger partial charge is 0.346 e. The Hall–Kier alpha value is -2.24. The van der Waals surface area contributed by atoms with Gasteiger partial charge in [-0.15, -0.1) is 0 Å². The topological polar surface area (TPSA) is 56.9 Å². The highest BCUT2D eigenvalue weighted by Crippen LogP contribution is 2.10. The molecule has 5 nitrogen and oxygen atoms in total. The van der Waals surface area contributed by atoms with E-state index in [0.29, 0.717) is 6.54 Å². The van der Waals surface area contributed by atoms with Crippen LogP contribution in [0.2, 0.25) is 0 Å². The number of hydrogen-bond donors (Lipinski definition) is 0. The number of aryl methyl sites for hydroxylation is 1. The fourth-order valence-corrected chi connectivity index (χ4v) is 2.44. The fourth-order valence-electron chi connectivity index (χ4n) is 2.44. The third-order valence-corrected chi connectivity index (χ3v) is 3.47. The summed E-state index contributed by atoms with van der Waals surface area (Å²) in [4.78, 5) is 24.1. The SMILES string of the molecule is O=C(Cn1nc2n(c1=O)CCCC2)c1cccc(F)c1. The molecule has 1 aliphatic heterocycles. The molecular weight excluding hydrogens is 261 g/mol. The zero-order valence-electron chi connectivity index (χ0n) is 10.9. The Labute approximate surface area is 114 Å². The minimum Gasteiger partial charge on any atom is -0.292 e. The maximum Gasteiger partial charge on any atom is 0.346 e. The summed E-state index contributed by atoms with van der Waals surface area (Å²) in [5, 5.41) is 4.19. The Balaban J connectivity index is 1.86. The number of halogens is 1. The number of Topliss-reactive ketones (excluding diaryl/α,β-unsaturated/α-hetero) is 1. The summed E-state index contributed by atoms with van der Waals surface area (Å²) in [6.07, 6.45) is 2.72. The quantitative estimate of drug-likeness (QED) is 0.796. The number of rotatable bonds is 3. The maximum atomic E-state index is 13.1. The summed E-state index contributed by atoms with van der Waals surface area (Å²) in [5.41, 5.74) is -0.00711. The van der Waals surface area contributed by atoms with Gasteiger partial charge in [-0.05, 0) is 25.0 Å². The molecular formula is C14H14FN3O2. The molecule has 1 aromatic carbocycles. The van der Waals surface area contributed by atoms with Crippen molar-refractivity contribution in [3.63, 3.8) is 0 Å². The first kappa shape index (κ1) is 12.8. The molecule has 0 N–H and O–H groups in total. The van der Waals surface area contributed by atoms with Gasteiger partial charge in [0.2, 0.25) is 0 Å². The number of carbonyl (C=O) groups is 1. The Kier molecular flexibility index (Phi) is 3.22. The van der Waals surface area contributed by atoms with Gasteiger partial charge in [-0.25, -0.2) is 13.9 Å². The van der Waals surface area contributed by atoms with Crippen LogP contribution in [-0.4, -0.2) is 20.1 Å². The molecule has 0 saturated heterocycles. The Morgan fingerprint density at radius 1 is 1.35 bits per heavy atom. The number of hydrogen-bond acceptors (Lipinski definition) is 3. The van der Waals surface area contributed by atoms with E-state index in [1.165, 1.54) is 28.9 Å². The molecule has 2 aromatic rings. The lowest BCUT2D eigenvalue weighted by atomic mass is 10.1. The molecule has 0 spiro atoms. The second kappa shape index (κ2) is 5.03. The van der Waals surface area contributed by atoms with Gasteiger partial charge < -0.3 is 0 Å². The molecule has 0 bridgehead atoms. The summed E-state index contributed by atoms with van der Waals surface area (Å²) in [7, 11) is 0.